The molecule has 2 heteroatoms. The van der Waals surface area contributed by atoms with E-state index in [-0.39, 0.29) is 0 Å². The Morgan fingerprint density at radius 2 is 1.72 bits per heavy atom. The van der Waals surface area contributed by atoms with E-state index < -0.39 is 0 Å². The van der Waals surface area contributed by atoms with Gasteiger partial charge in [-0.25, -0.2) is 0 Å². The predicted molar refractivity (Wildman–Crippen MR) is 78.1 cm³/mol. The Kier molecular flexibility index (Phi) is 6.20. The minimum atomic E-state index is 0.323. The Labute approximate surface area is 112 Å². The molecule has 1 aromatic carbocycles. The third kappa shape index (κ3) is 4.69. The highest BCUT2D eigenvalue weighted by Gasteiger charge is 2.13. The highest BCUT2D eigenvalue weighted by molar-refractivity contribution is 5.35. The van der Waals surface area contributed by atoms with Crippen molar-refractivity contribution in [1.29, 1.82) is 0 Å². The van der Waals surface area contributed by atoms with Crippen LogP contribution in [0.1, 0.15) is 52.1 Å². The van der Waals surface area contributed by atoms with Crippen LogP contribution in [-0.4, -0.2) is 13.2 Å². The van der Waals surface area contributed by atoms with Crippen LogP contribution >= 0.6 is 0 Å². The Bertz CT molecular complexity index is 349. The molecule has 0 bridgehead atoms. The lowest BCUT2D eigenvalue weighted by Crippen LogP contribution is -2.29. The fourth-order valence-corrected chi connectivity index (χ4v) is 2.21. The van der Waals surface area contributed by atoms with Crippen LogP contribution in [0.3, 0.4) is 0 Å². The molecule has 0 amide bonds. The van der Waals surface area contributed by atoms with Crippen LogP contribution in [0, 0.1) is 5.92 Å². The summed E-state index contributed by atoms with van der Waals surface area (Å²) in [4.78, 5) is 0. The minimum Gasteiger partial charge on any atom is -0.496 e. The first-order valence-electron chi connectivity index (χ1n) is 6.93. The van der Waals surface area contributed by atoms with Crippen molar-refractivity contribution in [2.45, 2.75) is 52.6 Å². The van der Waals surface area contributed by atoms with Gasteiger partial charge in [-0.05, 0) is 38.7 Å². The topological polar surface area (TPSA) is 21.3 Å². The number of para-hydroxylation sites is 1. The van der Waals surface area contributed by atoms with E-state index in [9.17, 15) is 0 Å². The summed E-state index contributed by atoms with van der Waals surface area (Å²) in [5.74, 6) is 1.74. The lowest BCUT2D eigenvalue weighted by Gasteiger charge is -2.22. The minimum absolute atomic E-state index is 0.323. The van der Waals surface area contributed by atoms with E-state index in [1.807, 2.05) is 12.1 Å². The average molecular weight is 249 g/mol. The molecule has 0 radical (unpaired) electrons. The van der Waals surface area contributed by atoms with Crippen LogP contribution in [0.5, 0.6) is 5.75 Å². The van der Waals surface area contributed by atoms with E-state index in [1.54, 1.807) is 7.11 Å². The number of ether oxygens (including phenoxy) is 1. The Balaban J connectivity index is 2.56. The number of hydrogen-bond donors (Lipinski definition) is 1. The van der Waals surface area contributed by atoms with Crippen molar-refractivity contribution in [3.63, 3.8) is 0 Å². The average Bonchev–Trinajstić information content (AvgIpc) is 2.36. The van der Waals surface area contributed by atoms with Crippen LogP contribution in [0.25, 0.3) is 0 Å². The molecule has 1 aromatic rings. The van der Waals surface area contributed by atoms with Gasteiger partial charge in [0.2, 0.25) is 0 Å². The molecule has 0 saturated heterocycles. The Hall–Kier alpha value is -1.02. The Morgan fingerprint density at radius 1 is 1.06 bits per heavy atom. The monoisotopic (exact) mass is 249 g/mol. The predicted octanol–water partition coefficient (Wildman–Crippen LogP) is 4.17. The second-order valence-electron chi connectivity index (χ2n) is 5.50. The second kappa shape index (κ2) is 7.42. The molecule has 0 heterocycles. The van der Waals surface area contributed by atoms with Gasteiger partial charge in [0.25, 0.3) is 0 Å². The summed E-state index contributed by atoms with van der Waals surface area (Å²) in [5, 5.41) is 3.65. The van der Waals surface area contributed by atoms with Crippen LogP contribution in [0.2, 0.25) is 0 Å². The summed E-state index contributed by atoms with van der Waals surface area (Å²) in [7, 11) is 1.73. The molecule has 0 aliphatic carbocycles. The van der Waals surface area contributed by atoms with Crippen molar-refractivity contribution in [2.24, 2.45) is 5.92 Å². The fraction of sp³-hybridized carbons (Fsp3) is 0.625. The van der Waals surface area contributed by atoms with Crippen molar-refractivity contribution in [3.05, 3.63) is 29.8 Å². The third-order valence-corrected chi connectivity index (χ3v) is 3.32. The summed E-state index contributed by atoms with van der Waals surface area (Å²) in [6, 6.07) is 9.08. The molecule has 1 rings (SSSR count). The molecule has 0 aliphatic rings. The van der Waals surface area contributed by atoms with Gasteiger partial charge in [0, 0.05) is 17.6 Å². The summed E-state index contributed by atoms with van der Waals surface area (Å²) in [6.45, 7) is 9.00. The van der Waals surface area contributed by atoms with Crippen LogP contribution in [0.4, 0.5) is 0 Å². The van der Waals surface area contributed by atoms with Crippen molar-refractivity contribution in [3.8, 4) is 5.75 Å². The molecular weight excluding hydrogens is 222 g/mol. The third-order valence-electron chi connectivity index (χ3n) is 3.32. The molecule has 0 aliphatic heterocycles. The van der Waals surface area contributed by atoms with E-state index in [1.165, 1.54) is 18.4 Å². The molecule has 102 valence electrons. The van der Waals surface area contributed by atoms with Gasteiger partial charge in [-0.2, -0.15) is 0 Å². The van der Waals surface area contributed by atoms with Crippen LogP contribution < -0.4 is 10.1 Å². The van der Waals surface area contributed by atoms with Gasteiger partial charge in [-0.3, -0.25) is 0 Å². The number of rotatable bonds is 7. The smallest absolute Gasteiger partial charge is 0.123 e. The fourth-order valence-electron chi connectivity index (χ4n) is 2.21. The van der Waals surface area contributed by atoms with Crippen LogP contribution in [0.15, 0.2) is 24.3 Å². The molecule has 1 N–H and O–H groups in total. The van der Waals surface area contributed by atoms with E-state index in [0.717, 1.165) is 11.7 Å². The summed E-state index contributed by atoms with van der Waals surface area (Å²) < 4.78 is 5.41. The van der Waals surface area contributed by atoms with Gasteiger partial charge in [-0.1, -0.05) is 32.0 Å². The van der Waals surface area contributed by atoms with Gasteiger partial charge in [0.1, 0.15) is 5.75 Å². The number of hydrogen-bond acceptors (Lipinski definition) is 2. The van der Waals surface area contributed by atoms with Crippen molar-refractivity contribution >= 4 is 0 Å². The Morgan fingerprint density at radius 3 is 2.33 bits per heavy atom. The number of benzene rings is 1. The van der Waals surface area contributed by atoms with Gasteiger partial charge in [0.15, 0.2) is 0 Å². The van der Waals surface area contributed by atoms with Crippen molar-refractivity contribution in [2.75, 3.05) is 7.11 Å². The summed E-state index contributed by atoms with van der Waals surface area (Å²) in [6.07, 6.45) is 2.49. The van der Waals surface area contributed by atoms with Crippen molar-refractivity contribution in [1.82, 2.24) is 5.32 Å². The maximum atomic E-state index is 5.41. The van der Waals surface area contributed by atoms with Gasteiger partial charge >= 0.3 is 0 Å². The van der Waals surface area contributed by atoms with E-state index >= 15 is 0 Å². The number of nitrogens with one attached hydrogen (secondary N) is 1. The van der Waals surface area contributed by atoms with E-state index in [4.69, 9.17) is 4.74 Å². The first-order valence-corrected chi connectivity index (χ1v) is 6.93. The van der Waals surface area contributed by atoms with E-state index in [2.05, 4.69) is 45.1 Å². The highest BCUT2D eigenvalue weighted by Crippen LogP contribution is 2.25. The lowest BCUT2D eigenvalue weighted by atomic mass is 10.0. The highest BCUT2D eigenvalue weighted by atomic mass is 16.5. The molecule has 2 atom stereocenters. The standard InChI is InChI=1S/C16H27NO/c1-12(2)10-11-13(3)17-14(4)15-8-6-7-9-16(15)18-5/h6-9,12-14,17H,10-11H2,1-5H3. The molecule has 2 unspecified atom stereocenters. The molecule has 0 aromatic heterocycles. The summed E-state index contributed by atoms with van der Waals surface area (Å²) in [5.41, 5.74) is 1.23. The molecular formula is C16H27NO. The maximum absolute atomic E-state index is 5.41. The first-order chi connectivity index (χ1) is 8.54. The maximum Gasteiger partial charge on any atom is 0.123 e. The quantitative estimate of drug-likeness (QED) is 0.783. The summed E-state index contributed by atoms with van der Waals surface area (Å²) >= 11 is 0. The molecule has 0 spiro atoms. The largest absolute Gasteiger partial charge is 0.496 e. The number of methoxy groups -OCH3 is 1. The second-order valence-corrected chi connectivity index (χ2v) is 5.50. The first kappa shape index (κ1) is 15.0. The van der Waals surface area contributed by atoms with Gasteiger partial charge in [0.05, 0.1) is 7.11 Å². The van der Waals surface area contributed by atoms with Crippen LogP contribution in [-0.2, 0) is 0 Å². The van der Waals surface area contributed by atoms with Crippen molar-refractivity contribution < 1.29 is 4.74 Å². The molecule has 18 heavy (non-hydrogen) atoms. The molecule has 2 nitrogen and oxygen atoms in total. The zero-order valence-electron chi connectivity index (χ0n) is 12.4. The lowest BCUT2D eigenvalue weighted by molar-refractivity contribution is 0.385. The van der Waals surface area contributed by atoms with Gasteiger partial charge in [-0.15, -0.1) is 0 Å². The normalized spacial score (nSPS) is 14.6. The zero-order chi connectivity index (χ0) is 13.5. The van der Waals surface area contributed by atoms with Gasteiger partial charge < -0.3 is 10.1 Å². The molecule has 0 fully saturated rings. The molecule has 0 saturated carbocycles. The zero-order valence-corrected chi connectivity index (χ0v) is 12.4. The van der Waals surface area contributed by atoms with E-state index in [0.29, 0.717) is 12.1 Å². The SMILES string of the molecule is COc1ccccc1C(C)NC(C)CCC(C)C.